The largest absolute Gasteiger partial charge is 0.459 e. The summed E-state index contributed by atoms with van der Waals surface area (Å²) in [6, 6.07) is 10.2. The Morgan fingerprint density at radius 1 is 1.32 bits per heavy atom. The van der Waals surface area contributed by atoms with Crippen molar-refractivity contribution in [3.05, 3.63) is 35.9 Å². The van der Waals surface area contributed by atoms with Crippen LogP contribution in [0.1, 0.15) is 39.2 Å². The molecule has 0 N–H and O–H groups in total. The molecular weight excluding hydrogens is 238 g/mol. The Morgan fingerprint density at radius 3 is 2.63 bits per heavy atom. The van der Waals surface area contributed by atoms with Crippen molar-refractivity contribution in [2.24, 2.45) is 0 Å². The minimum atomic E-state index is -0.405. The van der Waals surface area contributed by atoms with Gasteiger partial charge in [-0.1, -0.05) is 30.3 Å². The number of hydrogen-bond acceptors (Lipinski definition) is 3. The first kappa shape index (κ1) is 14.1. The first-order chi connectivity index (χ1) is 8.96. The number of hydrogen-bond donors (Lipinski definition) is 0. The number of carbonyl (C=O) groups is 1. The number of nitrogens with zero attached hydrogens (tertiary/aromatic N) is 1. The van der Waals surface area contributed by atoms with Crippen LogP contribution < -0.4 is 0 Å². The molecule has 1 aromatic carbocycles. The molecule has 0 bridgehead atoms. The third-order valence-electron chi connectivity index (χ3n) is 3.27. The maximum Gasteiger partial charge on any atom is 0.323 e. The number of rotatable bonds is 3. The highest BCUT2D eigenvalue weighted by atomic mass is 16.6. The van der Waals surface area contributed by atoms with Crippen molar-refractivity contribution in [2.75, 3.05) is 6.54 Å². The van der Waals surface area contributed by atoms with E-state index in [-0.39, 0.29) is 12.0 Å². The van der Waals surface area contributed by atoms with Crippen LogP contribution >= 0.6 is 0 Å². The lowest BCUT2D eigenvalue weighted by Gasteiger charge is -2.27. The predicted octanol–water partition coefficient (Wildman–Crippen LogP) is 2.99. The van der Waals surface area contributed by atoms with Gasteiger partial charge in [-0.25, -0.2) is 0 Å². The summed E-state index contributed by atoms with van der Waals surface area (Å²) < 4.78 is 5.51. The monoisotopic (exact) mass is 261 g/mol. The highest BCUT2D eigenvalue weighted by Gasteiger charge is 2.33. The van der Waals surface area contributed by atoms with Crippen LogP contribution in [0.5, 0.6) is 0 Å². The lowest BCUT2D eigenvalue weighted by Crippen LogP contribution is -2.40. The summed E-state index contributed by atoms with van der Waals surface area (Å²) in [5.74, 6) is -0.0825. The minimum absolute atomic E-state index is 0.0825. The van der Waals surface area contributed by atoms with Gasteiger partial charge in [0.05, 0.1) is 0 Å². The summed E-state index contributed by atoms with van der Waals surface area (Å²) in [4.78, 5) is 14.4. The average molecular weight is 261 g/mol. The standard InChI is InChI=1S/C16H23NO2/c1-16(2,3)19-15(18)14-10-7-11-17(14)12-13-8-5-4-6-9-13/h4-6,8-9,14H,7,10-12H2,1-3H3/t14-/m1/s1. The summed E-state index contributed by atoms with van der Waals surface area (Å²) in [5.41, 5.74) is 0.843. The third-order valence-corrected chi connectivity index (χ3v) is 3.27. The fourth-order valence-corrected chi connectivity index (χ4v) is 2.47. The predicted molar refractivity (Wildman–Crippen MR) is 75.7 cm³/mol. The Bertz CT molecular complexity index is 422. The van der Waals surface area contributed by atoms with Crippen molar-refractivity contribution < 1.29 is 9.53 Å². The second-order valence-electron chi connectivity index (χ2n) is 6.15. The van der Waals surface area contributed by atoms with Crippen LogP contribution in [0.4, 0.5) is 0 Å². The summed E-state index contributed by atoms with van der Waals surface area (Å²) in [7, 11) is 0. The van der Waals surface area contributed by atoms with E-state index in [9.17, 15) is 4.79 Å². The Kier molecular flexibility index (Phi) is 4.25. The van der Waals surface area contributed by atoms with E-state index >= 15 is 0 Å². The molecule has 3 heteroatoms. The zero-order valence-electron chi connectivity index (χ0n) is 12.1. The number of benzene rings is 1. The van der Waals surface area contributed by atoms with Gasteiger partial charge >= 0.3 is 5.97 Å². The summed E-state index contributed by atoms with van der Waals surface area (Å²) in [5, 5.41) is 0. The molecule has 1 aliphatic heterocycles. The van der Waals surface area contributed by atoms with Gasteiger partial charge in [0.2, 0.25) is 0 Å². The molecule has 0 saturated carbocycles. The molecule has 1 heterocycles. The van der Waals surface area contributed by atoms with Crippen molar-refractivity contribution in [3.63, 3.8) is 0 Å². The van der Waals surface area contributed by atoms with Crippen molar-refractivity contribution in [1.82, 2.24) is 4.90 Å². The van der Waals surface area contributed by atoms with Gasteiger partial charge in [-0.15, -0.1) is 0 Å². The van der Waals surface area contributed by atoms with Gasteiger partial charge < -0.3 is 4.74 Å². The zero-order valence-corrected chi connectivity index (χ0v) is 12.1. The highest BCUT2D eigenvalue weighted by molar-refractivity contribution is 5.76. The van der Waals surface area contributed by atoms with Gasteiger partial charge in [0.1, 0.15) is 11.6 Å². The summed E-state index contributed by atoms with van der Waals surface area (Å²) >= 11 is 0. The summed E-state index contributed by atoms with van der Waals surface area (Å²) in [6.45, 7) is 7.55. The summed E-state index contributed by atoms with van der Waals surface area (Å²) in [6.07, 6.45) is 1.97. The number of likely N-dealkylation sites (tertiary alicyclic amines) is 1. The van der Waals surface area contributed by atoms with E-state index in [0.717, 1.165) is 25.9 Å². The Labute approximate surface area is 115 Å². The molecule has 1 aliphatic rings. The van der Waals surface area contributed by atoms with Gasteiger partial charge in [-0.2, -0.15) is 0 Å². The third kappa shape index (κ3) is 4.06. The van der Waals surface area contributed by atoms with E-state index in [2.05, 4.69) is 17.0 Å². The molecule has 19 heavy (non-hydrogen) atoms. The Balaban J connectivity index is 1.99. The first-order valence-corrected chi connectivity index (χ1v) is 6.96. The van der Waals surface area contributed by atoms with E-state index in [1.807, 2.05) is 39.0 Å². The second-order valence-corrected chi connectivity index (χ2v) is 6.15. The second kappa shape index (κ2) is 5.74. The van der Waals surface area contributed by atoms with Crippen LogP contribution in [0, 0.1) is 0 Å². The topological polar surface area (TPSA) is 29.5 Å². The van der Waals surface area contributed by atoms with Crippen LogP contribution in [0.15, 0.2) is 30.3 Å². The Morgan fingerprint density at radius 2 is 2.00 bits per heavy atom. The average Bonchev–Trinajstić information content (AvgIpc) is 2.76. The molecule has 104 valence electrons. The molecule has 0 aliphatic carbocycles. The number of esters is 1. The van der Waals surface area contributed by atoms with Crippen LogP contribution in [0.3, 0.4) is 0 Å². The van der Waals surface area contributed by atoms with Gasteiger partial charge in [0, 0.05) is 6.54 Å². The molecule has 1 saturated heterocycles. The lowest BCUT2D eigenvalue weighted by molar-refractivity contribution is -0.160. The van der Waals surface area contributed by atoms with E-state index in [0.29, 0.717) is 0 Å². The maximum atomic E-state index is 12.2. The molecule has 0 unspecified atom stereocenters. The molecule has 1 aromatic rings. The molecule has 0 aromatic heterocycles. The molecule has 3 nitrogen and oxygen atoms in total. The van der Waals surface area contributed by atoms with Gasteiger partial charge in [0.25, 0.3) is 0 Å². The number of ether oxygens (including phenoxy) is 1. The molecule has 0 spiro atoms. The molecule has 0 radical (unpaired) electrons. The Hall–Kier alpha value is -1.35. The van der Waals surface area contributed by atoms with Crippen molar-refractivity contribution >= 4 is 5.97 Å². The molecule has 0 amide bonds. The van der Waals surface area contributed by atoms with Crippen molar-refractivity contribution in [2.45, 2.75) is 51.8 Å². The first-order valence-electron chi connectivity index (χ1n) is 6.96. The van der Waals surface area contributed by atoms with Crippen LogP contribution in [-0.4, -0.2) is 29.1 Å². The van der Waals surface area contributed by atoms with Gasteiger partial charge in [-0.3, -0.25) is 9.69 Å². The van der Waals surface area contributed by atoms with E-state index in [1.54, 1.807) is 0 Å². The zero-order chi connectivity index (χ0) is 13.9. The molecule has 2 rings (SSSR count). The van der Waals surface area contributed by atoms with E-state index < -0.39 is 5.60 Å². The minimum Gasteiger partial charge on any atom is -0.459 e. The highest BCUT2D eigenvalue weighted by Crippen LogP contribution is 2.23. The smallest absolute Gasteiger partial charge is 0.323 e. The fourth-order valence-electron chi connectivity index (χ4n) is 2.47. The van der Waals surface area contributed by atoms with Crippen molar-refractivity contribution in [1.29, 1.82) is 0 Å². The molecule has 1 atom stereocenters. The van der Waals surface area contributed by atoms with Crippen LogP contribution in [0.25, 0.3) is 0 Å². The maximum absolute atomic E-state index is 12.2. The lowest BCUT2D eigenvalue weighted by atomic mass is 10.1. The molecule has 1 fully saturated rings. The normalized spacial score (nSPS) is 20.5. The van der Waals surface area contributed by atoms with E-state index in [1.165, 1.54) is 5.56 Å². The fraction of sp³-hybridized carbons (Fsp3) is 0.562. The van der Waals surface area contributed by atoms with E-state index in [4.69, 9.17) is 4.74 Å². The number of carbonyl (C=O) groups excluding carboxylic acids is 1. The van der Waals surface area contributed by atoms with Gasteiger partial charge in [0.15, 0.2) is 0 Å². The van der Waals surface area contributed by atoms with Crippen LogP contribution in [0.2, 0.25) is 0 Å². The van der Waals surface area contributed by atoms with Crippen molar-refractivity contribution in [3.8, 4) is 0 Å². The SMILES string of the molecule is CC(C)(C)OC(=O)[C@H]1CCCN1Cc1ccccc1. The molecular formula is C16H23NO2. The quantitative estimate of drug-likeness (QED) is 0.783. The van der Waals surface area contributed by atoms with Crippen LogP contribution in [-0.2, 0) is 16.1 Å². The van der Waals surface area contributed by atoms with Gasteiger partial charge in [-0.05, 0) is 45.7 Å².